The van der Waals surface area contributed by atoms with E-state index in [0.717, 1.165) is 33.7 Å². The third-order valence-corrected chi connectivity index (χ3v) is 5.33. The quantitative estimate of drug-likeness (QED) is 0.501. The average molecular weight is 359 g/mol. The maximum atomic E-state index is 6.12. The van der Waals surface area contributed by atoms with Crippen LogP contribution in [0, 0.1) is 0 Å². The van der Waals surface area contributed by atoms with Crippen molar-refractivity contribution < 1.29 is 9.26 Å². The first-order valence-corrected chi connectivity index (χ1v) is 9.38. The topological polar surface area (TPSA) is 66.2 Å². The van der Waals surface area contributed by atoms with Crippen LogP contribution in [0.5, 0.6) is 11.5 Å². The highest BCUT2D eigenvalue weighted by atomic mass is 16.5. The molecule has 0 aliphatic heterocycles. The minimum absolute atomic E-state index is 0.446. The highest BCUT2D eigenvalue weighted by molar-refractivity contribution is 6.00. The molecule has 0 bridgehead atoms. The number of benzene rings is 2. The molecule has 0 spiro atoms. The largest absolute Gasteiger partial charge is 0.457 e. The maximum absolute atomic E-state index is 6.12. The minimum atomic E-state index is 0.446. The van der Waals surface area contributed by atoms with E-state index in [-0.39, 0.29) is 0 Å². The molecule has 2 aromatic carbocycles. The molecule has 1 aliphatic carbocycles. The normalized spacial score (nSPS) is 14.8. The molecule has 0 atom stereocenters. The third-order valence-electron chi connectivity index (χ3n) is 5.33. The van der Waals surface area contributed by atoms with Crippen LogP contribution in [-0.4, -0.2) is 9.72 Å². The van der Waals surface area contributed by atoms with Crippen LogP contribution in [0.15, 0.2) is 65.3 Å². The lowest BCUT2D eigenvalue weighted by Crippen LogP contribution is -2.01. The van der Waals surface area contributed by atoms with Crippen molar-refractivity contribution in [2.45, 2.75) is 31.7 Å². The first-order chi connectivity index (χ1) is 13.3. The van der Waals surface area contributed by atoms with Crippen molar-refractivity contribution in [1.29, 1.82) is 0 Å². The second-order valence-corrected chi connectivity index (χ2v) is 7.08. The first kappa shape index (κ1) is 16.0. The van der Waals surface area contributed by atoms with Crippen molar-refractivity contribution in [3.05, 3.63) is 60.8 Å². The Morgan fingerprint density at radius 2 is 1.67 bits per heavy atom. The summed E-state index contributed by atoms with van der Waals surface area (Å²) >= 11 is 0. The van der Waals surface area contributed by atoms with E-state index in [9.17, 15) is 0 Å². The molecule has 5 nitrogen and oxygen atoms in total. The van der Waals surface area contributed by atoms with E-state index in [2.05, 4.69) is 28.1 Å². The maximum Gasteiger partial charge on any atom is 0.241 e. The van der Waals surface area contributed by atoms with Crippen LogP contribution in [-0.2, 0) is 0 Å². The van der Waals surface area contributed by atoms with Gasteiger partial charge in [-0.1, -0.05) is 48.3 Å². The van der Waals surface area contributed by atoms with Gasteiger partial charge in [0.25, 0.3) is 0 Å². The van der Waals surface area contributed by atoms with Gasteiger partial charge in [-0.05, 0) is 42.7 Å². The van der Waals surface area contributed by atoms with Crippen LogP contribution in [0.25, 0.3) is 22.2 Å². The van der Waals surface area contributed by atoms with Crippen molar-refractivity contribution in [3.8, 4) is 22.6 Å². The van der Waals surface area contributed by atoms with E-state index in [4.69, 9.17) is 15.0 Å². The molecule has 1 fully saturated rings. The Labute approximate surface area is 157 Å². The molecule has 0 unspecified atom stereocenters. The molecular weight excluding hydrogens is 338 g/mol. The monoisotopic (exact) mass is 359 g/mol. The summed E-state index contributed by atoms with van der Waals surface area (Å²) in [4.78, 5) is 0. The molecule has 5 heteroatoms. The van der Waals surface area contributed by atoms with Gasteiger partial charge in [-0.15, -0.1) is 0 Å². The molecule has 2 N–H and O–H groups in total. The van der Waals surface area contributed by atoms with Gasteiger partial charge in [0.15, 0.2) is 5.82 Å². The van der Waals surface area contributed by atoms with Crippen molar-refractivity contribution in [3.63, 3.8) is 0 Å². The standard InChI is InChI=1S/C22H21N3O2/c23-21-20-19(14-25(22(20)27-24-21)16-6-4-5-7-16)15-10-12-18(13-11-15)26-17-8-2-1-3-9-17/h1-3,8-14,16H,4-7H2,(H2,23,24). The lowest BCUT2D eigenvalue weighted by Gasteiger charge is -2.10. The lowest BCUT2D eigenvalue weighted by molar-refractivity contribution is 0.415. The number of nitrogen functional groups attached to an aromatic ring is 1. The van der Waals surface area contributed by atoms with Gasteiger partial charge in [0, 0.05) is 17.8 Å². The summed E-state index contributed by atoms with van der Waals surface area (Å²) in [5.41, 5.74) is 9.03. The zero-order chi connectivity index (χ0) is 18.2. The fourth-order valence-electron chi connectivity index (χ4n) is 3.98. The van der Waals surface area contributed by atoms with Gasteiger partial charge in [0.05, 0.1) is 5.39 Å². The van der Waals surface area contributed by atoms with Gasteiger partial charge >= 0.3 is 0 Å². The molecule has 2 aromatic heterocycles. The predicted octanol–water partition coefficient (Wildman–Crippen LogP) is 5.79. The zero-order valence-corrected chi connectivity index (χ0v) is 15.0. The molecule has 136 valence electrons. The molecule has 0 radical (unpaired) electrons. The molecule has 1 aliphatic rings. The molecule has 5 rings (SSSR count). The number of nitrogens with two attached hydrogens (primary N) is 1. The van der Waals surface area contributed by atoms with Crippen molar-refractivity contribution in [2.75, 3.05) is 5.73 Å². The molecule has 0 saturated heterocycles. The summed E-state index contributed by atoms with van der Waals surface area (Å²) in [5, 5.41) is 4.91. The van der Waals surface area contributed by atoms with Crippen LogP contribution in [0.3, 0.4) is 0 Å². The number of fused-ring (bicyclic) bond motifs is 1. The number of hydrogen-bond acceptors (Lipinski definition) is 4. The highest BCUT2D eigenvalue weighted by Gasteiger charge is 2.24. The van der Waals surface area contributed by atoms with Crippen LogP contribution in [0.1, 0.15) is 31.7 Å². The van der Waals surface area contributed by atoms with Crippen LogP contribution in [0.2, 0.25) is 0 Å². The molecule has 1 saturated carbocycles. The minimum Gasteiger partial charge on any atom is -0.457 e. The summed E-state index contributed by atoms with van der Waals surface area (Å²) < 4.78 is 13.7. The highest BCUT2D eigenvalue weighted by Crippen LogP contribution is 2.40. The summed E-state index contributed by atoms with van der Waals surface area (Å²) in [5.74, 6) is 2.07. The molecular formula is C22H21N3O2. The Bertz CT molecular complexity index is 1060. The second kappa shape index (κ2) is 6.50. The Balaban J connectivity index is 1.50. The summed E-state index contributed by atoms with van der Waals surface area (Å²) in [7, 11) is 0. The Kier molecular flexibility index (Phi) is 3.85. The summed E-state index contributed by atoms with van der Waals surface area (Å²) in [6.07, 6.45) is 7.03. The average Bonchev–Trinajstić information content (AvgIpc) is 3.42. The van der Waals surface area contributed by atoms with Crippen LogP contribution >= 0.6 is 0 Å². The molecule has 4 aromatic rings. The van der Waals surface area contributed by atoms with Gasteiger partial charge in [0.1, 0.15) is 11.5 Å². The second-order valence-electron chi connectivity index (χ2n) is 7.08. The predicted molar refractivity (Wildman–Crippen MR) is 106 cm³/mol. The number of nitrogens with zero attached hydrogens (tertiary/aromatic N) is 2. The van der Waals surface area contributed by atoms with E-state index in [0.29, 0.717) is 11.9 Å². The number of hydrogen-bond donors (Lipinski definition) is 1. The van der Waals surface area contributed by atoms with Crippen LogP contribution in [0.4, 0.5) is 5.82 Å². The van der Waals surface area contributed by atoms with Crippen molar-refractivity contribution in [1.82, 2.24) is 9.72 Å². The Hall–Kier alpha value is -3.21. The van der Waals surface area contributed by atoms with E-state index in [1.807, 2.05) is 42.5 Å². The van der Waals surface area contributed by atoms with Crippen LogP contribution < -0.4 is 10.5 Å². The van der Waals surface area contributed by atoms with Gasteiger partial charge < -0.3 is 19.6 Å². The van der Waals surface area contributed by atoms with Crippen molar-refractivity contribution in [2.24, 2.45) is 0 Å². The van der Waals surface area contributed by atoms with Gasteiger partial charge in [-0.2, -0.15) is 0 Å². The number of ether oxygens (including phenoxy) is 1. The fourth-order valence-corrected chi connectivity index (χ4v) is 3.98. The third kappa shape index (κ3) is 2.85. The van der Waals surface area contributed by atoms with Gasteiger partial charge in [0.2, 0.25) is 5.71 Å². The molecule has 2 heterocycles. The number of rotatable bonds is 4. The number of anilines is 1. The number of para-hydroxylation sites is 1. The zero-order valence-electron chi connectivity index (χ0n) is 15.0. The fraction of sp³-hybridized carbons (Fsp3) is 0.227. The smallest absolute Gasteiger partial charge is 0.241 e. The van der Waals surface area contributed by atoms with E-state index < -0.39 is 0 Å². The number of aromatic nitrogens is 2. The SMILES string of the molecule is Nc1noc2c1c(-c1ccc(Oc3ccccc3)cc1)cn2C1CCCC1. The van der Waals surface area contributed by atoms with Crippen molar-refractivity contribution >= 4 is 16.9 Å². The van der Waals surface area contributed by atoms with E-state index in [1.54, 1.807) is 0 Å². The van der Waals surface area contributed by atoms with Gasteiger partial charge in [-0.3, -0.25) is 0 Å². The Morgan fingerprint density at radius 3 is 2.41 bits per heavy atom. The molecule has 27 heavy (non-hydrogen) atoms. The first-order valence-electron chi connectivity index (χ1n) is 9.38. The van der Waals surface area contributed by atoms with E-state index in [1.165, 1.54) is 25.7 Å². The molecule has 0 amide bonds. The summed E-state index contributed by atoms with van der Waals surface area (Å²) in [6, 6.07) is 18.3. The Morgan fingerprint density at radius 1 is 0.963 bits per heavy atom. The van der Waals surface area contributed by atoms with Gasteiger partial charge in [-0.25, -0.2) is 0 Å². The lowest BCUT2D eigenvalue weighted by atomic mass is 10.1. The van der Waals surface area contributed by atoms with E-state index >= 15 is 0 Å². The summed E-state index contributed by atoms with van der Waals surface area (Å²) in [6.45, 7) is 0.